The van der Waals surface area contributed by atoms with Gasteiger partial charge in [0.1, 0.15) is 10.6 Å². The molecule has 0 fully saturated rings. The Labute approximate surface area is 164 Å². The van der Waals surface area contributed by atoms with Crippen LogP contribution < -0.4 is 5.32 Å². The summed E-state index contributed by atoms with van der Waals surface area (Å²) in [6.07, 6.45) is 5.26. The molecular weight excluding hydrogens is 384 g/mol. The highest BCUT2D eigenvalue weighted by atomic mass is 32.2. The van der Waals surface area contributed by atoms with E-state index in [1.165, 1.54) is 35.2 Å². The standard InChI is InChI=1S/C18H16N4O3S2/c1-11(18-21-15(10-27-18)12-4-3-7-19-9-12)20-17(23)14-8-13(26-2)5-6-16(14)22(24)25/h3-11H,1-2H3,(H,20,23). The fraction of sp³-hybridized carbons (Fsp3) is 0.167. The normalized spacial score (nSPS) is 11.8. The van der Waals surface area contributed by atoms with Gasteiger partial charge < -0.3 is 5.32 Å². The van der Waals surface area contributed by atoms with Crippen LogP contribution in [0.15, 0.2) is 53.0 Å². The van der Waals surface area contributed by atoms with Crippen LogP contribution in [0.4, 0.5) is 5.69 Å². The highest BCUT2D eigenvalue weighted by Crippen LogP contribution is 2.27. The minimum absolute atomic E-state index is 0.0442. The van der Waals surface area contributed by atoms with Gasteiger partial charge in [0.05, 0.1) is 16.7 Å². The van der Waals surface area contributed by atoms with E-state index in [4.69, 9.17) is 0 Å². The lowest BCUT2D eigenvalue weighted by Gasteiger charge is -2.12. The molecule has 0 bridgehead atoms. The highest BCUT2D eigenvalue weighted by Gasteiger charge is 2.23. The zero-order valence-electron chi connectivity index (χ0n) is 14.6. The summed E-state index contributed by atoms with van der Waals surface area (Å²) in [7, 11) is 0. The maximum absolute atomic E-state index is 12.6. The average molecular weight is 400 g/mol. The van der Waals surface area contributed by atoms with Crippen LogP contribution in [0.3, 0.4) is 0 Å². The summed E-state index contributed by atoms with van der Waals surface area (Å²) in [5.74, 6) is -0.497. The monoisotopic (exact) mass is 400 g/mol. The fourth-order valence-electron chi connectivity index (χ4n) is 2.45. The molecule has 0 spiro atoms. The summed E-state index contributed by atoms with van der Waals surface area (Å²) < 4.78 is 0. The van der Waals surface area contributed by atoms with Gasteiger partial charge in [-0.2, -0.15) is 0 Å². The molecule has 3 rings (SSSR count). The first-order valence-corrected chi connectivity index (χ1v) is 10.1. The molecule has 1 aromatic carbocycles. The number of carbonyl (C=O) groups excluding carboxylic acids is 1. The number of aromatic nitrogens is 2. The number of hydrogen-bond acceptors (Lipinski definition) is 7. The third-order valence-corrected chi connectivity index (χ3v) is 5.60. The second kappa shape index (κ2) is 8.28. The van der Waals surface area contributed by atoms with Gasteiger partial charge in [0.25, 0.3) is 11.6 Å². The second-order valence-corrected chi connectivity index (χ2v) is 7.42. The molecule has 7 nitrogen and oxygen atoms in total. The van der Waals surface area contributed by atoms with Crippen LogP contribution in [0.25, 0.3) is 11.3 Å². The van der Waals surface area contributed by atoms with Crippen molar-refractivity contribution in [3.63, 3.8) is 0 Å². The van der Waals surface area contributed by atoms with Crippen LogP contribution in [0.5, 0.6) is 0 Å². The predicted molar refractivity (Wildman–Crippen MR) is 106 cm³/mol. The van der Waals surface area contributed by atoms with Crippen LogP contribution >= 0.6 is 23.1 Å². The van der Waals surface area contributed by atoms with Crippen molar-refractivity contribution in [1.29, 1.82) is 0 Å². The third-order valence-electron chi connectivity index (χ3n) is 3.84. The number of thioether (sulfide) groups is 1. The molecule has 27 heavy (non-hydrogen) atoms. The Morgan fingerprint density at radius 2 is 2.19 bits per heavy atom. The average Bonchev–Trinajstić information content (AvgIpc) is 3.18. The summed E-state index contributed by atoms with van der Waals surface area (Å²) in [6.45, 7) is 1.80. The molecule has 0 radical (unpaired) electrons. The summed E-state index contributed by atoms with van der Waals surface area (Å²) in [4.78, 5) is 32.7. The SMILES string of the molecule is CSc1ccc([N+](=O)[O-])c(C(=O)NC(C)c2nc(-c3cccnc3)cs2)c1. The number of nitrogens with one attached hydrogen (secondary N) is 1. The van der Waals surface area contributed by atoms with E-state index in [-0.39, 0.29) is 17.3 Å². The van der Waals surface area contributed by atoms with E-state index in [0.29, 0.717) is 5.01 Å². The molecular formula is C18H16N4O3S2. The van der Waals surface area contributed by atoms with Gasteiger partial charge in [0.15, 0.2) is 0 Å². The lowest BCUT2D eigenvalue weighted by molar-refractivity contribution is -0.385. The maximum atomic E-state index is 12.6. The summed E-state index contributed by atoms with van der Waals surface area (Å²) in [6, 6.07) is 7.88. The number of benzene rings is 1. The Morgan fingerprint density at radius 1 is 1.37 bits per heavy atom. The quantitative estimate of drug-likeness (QED) is 0.376. The minimum Gasteiger partial charge on any atom is -0.343 e. The molecule has 1 atom stereocenters. The number of nitrogens with zero attached hydrogens (tertiary/aromatic N) is 3. The molecule has 1 N–H and O–H groups in total. The van der Waals surface area contributed by atoms with Crippen LogP contribution in [0, 0.1) is 10.1 Å². The van der Waals surface area contributed by atoms with E-state index in [2.05, 4.69) is 15.3 Å². The van der Waals surface area contributed by atoms with Crippen molar-refractivity contribution in [1.82, 2.24) is 15.3 Å². The summed E-state index contributed by atoms with van der Waals surface area (Å²) >= 11 is 2.83. The molecule has 9 heteroatoms. The zero-order valence-corrected chi connectivity index (χ0v) is 16.2. The molecule has 2 aromatic heterocycles. The number of carbonyl (C=O) groups is 1. The van der Waals surface area contributed by atoms with Gasteiger partial charge in [0, 0.05) is 34.3 Å². The molecule has 2 heterocycles. The van der Waals surface area contributed by atoms with E-state index in [0.717, 1.165) is 16.2 Å². The minimum atomic E-state index is -0.548. The summed E-state index contributed by atoms with van der Waals surface area (Å²) in [5, 5.41) is 16.7. The van der Waals surface area contributed by atoms with E-state index in [1.54, 1.807) is 25.4 Å². The molecule has 138 valence electrons. The smallest absolute Gasteiger partial charge is 0.282 e. The molecule has 0 saturated carbocycles. The van der Waals surface area contributed by atoms with Gasteiger partial charge in [-0.1, -0.05) is 0 Å². The van der Waals surface area contributed by atoms with E-state index >= 15 is 0 Å². The predicted octanol–water partition coefficient (Wildman–Crippen LogP) is 4.33. The first kappa shape index (κ1) is 19.0. The number of nitro benzene ring substituents is 1. The fourth-order valence-corrected chi connectivity index (χ4v) is 3.73. The van der Waals surface area contributed by atoms with Crippen LogP contribution in [0.1, 0.15) is 28.3 Å². The van der Waals surface area contributed by atoms with Crippen LogP contribution in [-0.2, 0) is 0 Å². The number of amides is 1. The third kappa shape index (κ3) is 4.32. The van der Waals surface area contributed by atoms with Crippen molar-refractivity contribution in [2.45, 2.75) is 17.9 Å². The summed E-state index contributed by atoms with van der Waals surface area (Å²) in [5.41, 5.74) is 1.50. The molecule has 1 unspecified atom stereocenters. The second-order valence-electron chi connectivity index (χ2n) is 5.65. The Bertz CT molecular complexity index is 976. The molecule has 0 aliphatic heterocycles. The van der Waals surface area contributed by atoms with Crippen molar-refractivity contribution in [3.8, 4) is 11.3 Å². The molecule has 0 saturated heterocycles. The number of nitro groups is 1. The number of thiazole rings is 1. The van der Waals surface area contributed by atoms with E-state index in [9.17, 15) is 14.9 Å². The van der Waals surface area contributed by atoms with Gasteiger partial charge in [-0.3, -0.25) is 19.9 Å². The van der Waals surface area contributed by atoms with Crippen molar-refractivity contribution in [3.05, 3.63) is 68.8 Å². The highest BCUT2D eigenvalue weighted by molar-refractivity contribution is 7.98. The number of hydrogen-bond donors (Lipinski definition) is 1. The van der Waals surface area contributed by atoms with Crippen molar-refractivity contribution in [2.24, 2.45) is 0 Å². The number of rotatable bonds is 6. The Hall–Kier alpha value is -2.78. The zero-order chi connectivity index (χ0) is 19.4. The largest absolute Gasteiger partial charge is 0.343 e. The lowest BCUT2D eigenvalue weighted by Crippen LogP contribution is -2.27. The van der Waals surface area contributed by atoms with Gasteiger partial charge in [0.2, 0.25) is 0 Å². The van der Waals surface area contributed by atoms with Crippen molar-refractivity contribution < 1.29 is 9.72 Å². The first-order valence-electron chi connectivity index (χ1n) is 7.98. The maximum Gasteiger partial charge on any atom is 0.282 e. The molecule has 0 aliphatic carbocycles. The lowest BCUT2D eigenvalue weighted by atomic mass is 10.1. The van der Waals surface area contributed by atoms with Crippen molar-refractivity contribution in [2.75, 3.05) is 6.26 Å². The molecule has 1 amide bonds. The topological polar surface area (TPSA) is 98.0 Å². The molecule has 3 aromatic rings. The molecule has 0 aliphatic rings. The van der Waals surface area contributed by atoms with Gasteiger partial charge in [-0.05, 0) is 37.4 Å². The first-order chi connectivity index (χ1) is 13.0. The van der Waals surface area contributed by atoms with Crippen LogP contribution in [-0.4, -0.2) is 27.1 Å². The van der Waals surface area contributed by atoms with Gasteiger partial charge >= 0.3 is 0 Å². The van der Waals surface area contributed by atoms with E-state index in [1.807, 2.05) is 23.8 Å². The number of pyridine rings is 1. The Morgan fingerprint density at radius 3 is 2.85 bits per heavy atom. The van der Waals surface area contributed by atoms with E-state index < -0.39 is 10.8 Å². The van der Waals surface area contributed by atoms with Gasteiger partial charge in [-0.25, -0.2) is 4.98 Å². The van der Waals surface area contributed by atoms with Crippen molar-refractivity contribution >= 4 is 34.7 Å². The Balaban J connectivity index is 1.80. The van der Waals surface area contributed by atoms with Crippen LogP contribution in [0.2, 0.25) is 0 Å². The Kier molecular flexibility index (Phi) is 5.82. The van der Waals surface area contributed by atoms with Gasteiger partial charge in [-0.15, -0.1) is 23.1 Å².